The Labute approximate surface area is 205 Å². The Morgan fingerprint density at radius 3 is 2.14 bits per heavy atom. The molecule has 0 atom stereocenters. The van der Waals surface area contributed by atoms with Gasteiger partial charge in [0.25, 0.3) is 11.6 Å². The fourth-order valence-electron chi connectivity index (χ4n) is 3.40. The Bertz CT molecular complexity index is 1370. The highest BCUT2D eigenvalue weighted by Crippen LogP contribution is 2.40. The van der Waals surface area contributed by atoms with Gasteiger partial charge in [-0.1, -0.05) is 11.3 Å². The summed E-state index contributed by atoms with van der Waals surface area (Å²) in [6.45, 7) is 0. The molecule has 1 aromatic heterocycles. The predicted molar refractivity (Wildman–Crippen MR) is 134 cm³/mol. The Morgan fingerprint density at radius 1 is 0.886 bits per heavy atom. The number of non-ortho nitro benzene ring substituents is 1. The smallest absolute Gasteiger partial charge is 0.269 e. The van der Waals surface area contributed by atoms with E-state index in [1.165, 1.54) is 37.7 Å². The van der Waals surface area contributed by atoms with Crippen molar-refractivity contribution in [2.24, 2.45) is 0 Å². The molecule has 0 radical (unpaired) electrons. The van der Waals surface area contributed by atoms with Crippen molar-refractivity contribution in [3.63, 3.8) is 0 Å². The number of carbonyl (C=O) groups excluding carboxylic acids is 1. The van der Waals surface area contributed by atoms with Crippen LogP contribution in [0.2, 0.25) is 0 Å². The van der Waals surface area contributed by atoms with Crippen molar-refractivity contribution in [2.45, 2.75) is 0 Å². The van der Waals surface area contributed by atoms with Crippen molar-refractivity contribution in [3.8, 4) is 38.9 Å². The molecule has 0 aliphatic heterocycles. The summed E-state index contributed by atoms with van der Waals surface area (Å²) in [4.78, 5) is 29.0. The molecule has 1 N–H and O–H groups in total. The largest absolute Gasteiger partial charge is 0.497 e. The Kier molecular flexibility index (Phi) is 6.93. The Morgan fingerprint density at radius 2 is 1.54 bits per heavy atom. The summed E-state index contributed by atoms with van der Waals surface area (Å²) in [5.74, 6) is 1.28. The van der Waals surface area contributed by atoms with Crippen LogP contribution in [0.25, 0.3) is 21.7 Å². The molecule has 1 heterocycles. The average molecular weight is 492 g/mol. The normalized spacial score (nSPS) is 10.5. The third-order valence-corrected chi connectivity index (χ3v) is 6.22. The monoisotopic (exact) mass is 491 g/mol. The van der Waals surface area contributed by atoms with E-state index >= 15 is 0 Å². The van der Waals surface area contributed by atoms with Crippen LogP contribution in [0.5, 0.6) is 17.2 Å². The van der Waals surface area contributed by atoms with Gasteiger partial charge in [0.2, 0.25) is 0 Å². The highest BCUT2D eigenvalue weighted by molar-refractivity contribution is 7.19. The van der Waals surface area contributed by atoms with E-state index in [0.29, 0.717) is 33.6 Å². The zero-order valence-electron chi connectivity index (χ0n) is 19.1. The summed E-state index contributed by atoms with van der Waals surface area (Å²) < 4.78 is 15.8. The number of anilines is 1. The first-order valence-electron chi connectivity index (χ1n) is 10.4. The van der Waals surface area contributed by atoms with Gasteiger partial charge in [-0.25, -0.2) is 4.98 Å². The lowest BCUT2D eigenvalue weighted by molar-refractivity contribution is -0.384. The van der Waals surface area contributed by atoms with E-state index in [1.807, 2.05) is 24.3 Å². The quantitative estimate of drug-likeness (QED) is 0.250. The number of rotatable bonds is 8. The standard InChI is InChI=1S/C25H21N3O6S/c1-32-19-11-6-15(7-12-19)22-23(16-4-9-18(10-5-16)28(30)31)35-25(26-22)27-24(29)17-8-13-20(33-2)21(14-17)34-3/h4-14H,1-3H3,(H,26,27,29). The number of nitrogens with zero attached hydrogens (tertiary/aromatic N) is 2. The highest BCUT2D eigenvalue weighted by Gasteiger charge is 2.19. The van der Waals surface area contributed by atoms with Crippen LogP contribution < -0.4 is 19.5 Å². The topological polar surface area (TPSA) is 113 Å². The van der Waals surface area contributed by atoms with Crippen LogP contribution in [0, 0.1) is 10.1 Å². The number of ether oxygens (including phenoxy) is 3. The summed E-state index contributed by atoms with van der Waals surface area (Å²) >= 11 is 1.27. The van der Waals surface area contributed by atoms with Crippen molar-refractivity contribution in [2.75, 3.05) is 26.6 Å². The summed E-state index contributed by atoms with van der Waals surface area (Å²) in [7, 11) is 4.60. The molecule has 9 nitrogen and oxygen atoms in total. The van der Waals surface area contributed by atoms with Gasteiger partial charge in [-0.05, 0) is 60.2 Å². The number of benzene rings is 3. The van der Waals surface area contributed by atoms with Gasteiger partial charge in [0.1, 0.15) is 5.75 Å². The molecule has 0 fully saturated rings. The van der Waals surface area contributed by atoms with Crippen LogP contribution in [0.1, 0.15) is 10.4 Å². The lowest BCUT2D eigenvalue weighted by Gasteiger charge is -2.09. The van der Waals surface area contributed by atoms with Crippen molar-refractivity contribution < 1.29 is 23.9 Å². The van der Waals surface area contributed by atoms with Crippen LogP contribution in [-0.2, 0) is 0 Å². The number of nitrogens with one attached hydrogen (secondary N) is 1. The maximum atomic E-state index is 12.9. The van der Waals surface area contributed by atoms with Crippen molar-refractivity contribution in [3.05, 3.63) is 82.4 Å². The molecule has 178 valence electrons. The van der Waals surface area contributed by atoms with E-state index in [-0.39, 0.29) is 11.6 Å². The second-order valence-electron chi connectivity index (χ2n) is 7.25. The Balaban J connectivity index is 1.71. The van der Waals surface area contributed by atoms with Crippen molar-refractivity contribution >= 4 is 28.1 Å². The molecule has 0 aliphatic carbocycles. The molecular weight excluding hydrogens is 470 g/mol. The fraction of sp³-hybridized carbons (Fsp3) is 0.120. The number of aromatic nitrogens is 1. The van der Waals surface area contributed by atoms with Crippen LogP contribution in [-0.4, -0.2) is 37.1 Å². The van der Waals surface area contributed by atoms with E-state index in [1.54, 1.807) is 37.4 Å². The first kappa shape index (κ1) is 23.7. The number of carbonyl (C=O) groups is 1. The Hall–Kier alpha value is -4.44. The molecular formula is C25H21N3O6S. The first-order chi connectivity index (χ1) is 16.9. The maximum Gasteiger partial charge on any atom is 0.269 e. The van der Waals surface area contributed by atoms with Crippen LogP contribution in [0.3, 0.4) is 0 Å². The highest BCUT2D eigenvalue weighted by atomic mass is 32.1. The minimum absolute atomic E-state index is 0.00811. The average Bonchev–Trinajstić information content (AvgIpc) is 3.31. The molecule has 3 aromatic carbocycles. The first-order valence-corrected chi connectivity index (χ1v) is 11.2. The van der Waals surface area contributed by atoms with E-state index in [9.17, 15) is 14.9 Å². The van der Waals surface area contributed by atoms with E-state index in [0.717, 1.165) is 16.0 Å². The van der Waals surface area contributed by atoms with E-state index < -0.39 is 4.92 Å². The molecule has 0 saturated carbocycles. The summed E-state index contributed by atoms with van der Waals surface area (Å²) in [6.07, 6.45) is 0. The molecule has 0 bridgehead atoms. The lowest BCUT2D eigenvalue weighted by atomic mass is 10.1. The number of hydrogen-bond acceptors (Lipinski definition) is 8. The lowest BCUT2D eigenvalue weighted by Crippen LogP contribution is -2.11. The third-order valence-electron chi connectivity index (χ3n) is 5.20. The van der Waals surface area contributed by atoms with Crippen LogP contribution in [0.15, 0.2) is 66.7 Å². The zero-order valence-corrected chi connectivity index (χ0v) is 19.9. The number of thiazole rings is 1. The number of nitro benzene ring substituents is 1. The van der Waals surface area contributed by atoms with E-state index in [4.69, 9.17) is 14.2 Å². The van der Waals surface area contributed by atoms with Gasteiger partial charge in [0.15, 0.2) is 16.6 Å². The second-order valence-corrected chi connectivity index (χ2v) is 8.25. The zero-order chi connectivity index (χ0) is 24.9. The van der Waals surface area contributed by atoms with Gasteiger partial charge < -0.3 is 14.2 Å². The van der Waals surface area contributed by atoms with Crippen LogP contribution in [0.4, 0.5) is 10.8 Å². The molecule has 10 heteroatoms. The number of nitro groups is 1. The molecule has 4 aromatic rings. The van der Waals surface area contributed by atoms with Gasteiger partial charge in [0, 0.05) is 23.3 Å². The second kappa shape index (κ2) is 10.2. The fourth-order valence-corrected chi connectivity index (χ4v) is 4.38. The molecule has 0 saturated heterocycles. The number of methoxy groups -OCH3 is 3. The summed E-state index contributed by atoms with van der Waals surface area (Å²) in [6, 6.07) is 18.4. The van der Waals surface area contributed by atoms with Crippen molar-refractivity contribution in [1.29, 1.82) is 0 Å². The predicted octanol–water partition coefficient (Wildman–Crippen LogP) is 5.66. The molecule has 1 amide bonds. The van der Waals surface area contributed by atoms with Crippen LogP contribution >= 0.6 is 11.3 Å². The number of amides is 1. The molecule has 0 spiro atoms. The van der Waals surface area contributed by atoms with Crippen molar-refractivity contribution in [1.82, 2.24) is 4.98 Å². The SMILES string of the molecule is COc1ccc(-c2nc(NC(=O)c3ccc(OC)c(OC)c3)sc2-c2ccc([N+](=O)[O-])cc2)cc1. The van der Waals surface area contributed by atoms with E-state index in [2.05, 4.69) is 10.3 Å². The minimum atomic E-state index is -0.449. The minimum Gasteiger partial charge on any atom is -0.497 e. The molecule has 4 rings (SSSR count). The van der Waals surface area contributed by atoms with Gasteiger partial charge >= 0.3 is 0 Å². The summed E-state index contributed by atoms with van der Waals surface area (Å²) in [5.41, 5.74) is 2.55. The van der Waals surface area contributed by atoms with Gasteiger partial charge in [-0.2, -0.15) is 0 Å². The molecule has 0 unspecified atom stereocenters. The van der Waals surface area contributed by atoms with Gasteiger partial charge in [-0.3, -0.25) is 20.2 Å². The van der Waals surface area contributed by atoms with Gasteiger partial charge in [0.05, 0.1) is 36.8 Å². The molecule has 35 heavy (non-hydrogen) atoms. The van der Waals surface area contributed by atoms with Gasteiger partial charge in [-0.15, -0.1) is 0 Å². The molecule has 0 aliphatic rings. The third kappa shape index (κ3) is 5.07. The summed E-state index contributed by atoms with van der Waals surface area (Å²) in [5, 5.41) is 14.3. The maximum absolute atomic E-state index is 12.9. The number of hydrogen-bond donors (Lipinski definition) is 1.